The third kappa shape index (κ3) is 5.38. The summed E-state index contributed by atoms with van der Waals surface area (Å²) in [6.45, 7) is -2.90. The molecule has 6 heteroatoms. The number of hydrogen-bond donors (Lipinski definition) is 1. The lowest BCUT2D eigenvalue weighted by molar-refractivity contribution is -0.0498. The molecule has 3 aromatic rings. The van der Waals surface area contributed by atoms with E-state index >= 15 is 0 Å². The van der Waals surface area contributed by atoms with Crippen molar-refractivity contribution in [2.45, 2.75) is 6.61 Å². The molecule has 3 rings (SSSR count). The van der Waals surface area contributed by atoms with Crippen molar-refractivity contribution in [3.8, 4) is 17.6 Å². The lowest BCUT2D eigenvalue weighted by atomic mass is 10.1. The Morgan fingerprint density at radius 1 is 1.00 bits per heavy atom. The van der Waals surface area contributed by atoms with Gasteiger partial charge in [-0.3, -0.25) is 4.79 Å². The molecule has 1 aromatic heterocycles. The van der Waals surface area contributed by atoms with Gasteiger partial charge in [-0.15, -0.1) is 0 Å². The first-order valence-corrected chi connectivity index (χ1v) is 7.99. The minimum Gasteiger partial charge on any atom is -0.435 e. The van der Waals surface area contributed by atoms with Gasteiger partial charge < -0.3 is 10.1 Å². The number of ether oxygens (including phenoxy) is 1. The van der Waals surface area contributed by atoms with Crippen molar-refractivity contribution in [2.24, 2.45) is 0 Å². The van der Waals surface area contributed by atoms with Crippen molar-refractivity contribution in [2.75, 3.05) is 5.32 Å². The molecule has 134 valence electrons. The van der Waals surface area contributed by atoms with Crippen molar-refractivity contribution in [1.82, 2.24) is 4.98 Å². The number of carbonyl (C=O) groups is 1. The molecule has 0 radical (unpaired) electrons. The second-order valence-corrected chi connectivity index (χ2v) is 5.40. The number of pyridine rings is 1. The van der Waals surface area contributed by atoms with Crippen LogP contribution in [0.3, 0.4) is 0 Å². The monoisotopic (exact) mass is 364 g/mol. The summed E-state index contributed by atoms with van der Waals surface area (Å²) in [6.07, 6.45) is 1.66. The number of amides is 1. The number of nitrogens with zero attached hydrogens (tertiary/aromatic N) is 1. The fourth-order valence-corrected chi connectivity index (χ4v) is 2.24. The molecule has 1 heterocycles. The van der Waals surface area contributed by atoms with E-state index in [9.17, 15) is 13.6 Å². The van der Waals surface area contributed by atoms with Gasteiger partial charge in [-0.05, 0) is 60.5 Å². The van der Waals surface area contributed by atoms with Crippen LogP contribution < -0.4 is 10.1 Å². The highest BCUT2D eigenvalue weighted by Crippen LogP contribution is 2.17. The van der Waals surface area contributed by atoms with Crippen LogP contribution >= 0.6 is 0 Å². The number of carbonyl (C=O) groups excluding carboxylic acids is 1. The van der Waals surface area contributed by atoms with E-state index in [1.165, 1.54) is 24.3 Å². The predicted molar refractivity (Wildman–Crippen MR) is 97.7 cm³/mol. The Balaban J connectivity index is 1.69. The smallest absolute Gasteiger partial charge is 0.387 e. The highest BCUT2D eigenvalue weighted by atomic mass is 19.3. The lowest BCUT2D eigenvalue weighted by Crippen LogP contribution is -2.12. The number of nitrogens with one attached hydrogen (secondary N) is 1. The molecule has 0 aliphatic heterocycles. The van der Waals surface area contributed by atoms with Gasteiger partial charge in [-0.25, -0.2) is 4.98 Å². The lowest BCUT2D eigenvalue weighted by Gasteiger charge is -2.07. The molecule has 0 unspecified atom stereocenters. The minimum absolute atomic E-state index is 0.00616. The maximum Gasteiger partial charge on any atom is 0.387 e. The van der Waals surface area contributed by atoms with Gasteiger partial charge in [0.25, 0.3) is 5.91 Å². The summed E-state index contributed by atoms with van der Waals surface area (Å²) in [7, 11) is 0. The fraction of sp³-hybridized carbons (Fsp3) is 0.0476. The number of halogens is 2. The van der Waals surface area contributed by atoms with Gasteiger partial charge in [-0.2, -0.15) is 8.78 Å². The van der Waals surface area contributed by atoms with Gasteiger partial charge in [0, 0.05) is 23.0 Å². The molecule has 0 saturated heterocycles. The number of alkyl halides is 2. The molecular formula is C21H14F2N2O2. The van der Waals surface area contributed by atoms with Crippen molar-refractivity contribution in [1.29, 1.82) is 0 Å². The fourth-order valence-electron chi connectivity index (χ4n) is 2.24. The molecule has 0 spiro atoms. The summed E-state index contributed by atoms with van der Waals surface area (Å²) in [5, 5.41) is 2.75. The molecule has 0 saturated carbocycles. The van der Waals surface area contributed by atoms with E-state index in [2.05, 4.69) is 26.9 Å². The number of aromatic nitrogens is 1. The van der Waals surface area contributed by atoms with Crippen molar-refractivity contribution < 1.29 is 18.3 Å². The van der Waals surface area contributed by atoms with Crippen LogP contribution in [0.25, 0.3) is 0 Å². The molecule has 0 aliphatic rings. The SMILES string of the molecule is O=C(Nc1cccc(C#Cc2ccccn2)c1)c1ccc(OC(F)F)cc1. The first kappa shape index (κ1) is 18.1. The third-order valence-electron chi connectivity index (χ3n) is 3.46. The maximum atomic E-state index is 12.3. The standard InChI is InChI=1S/C21H14F2N2O2/c22-21(23)27-19-11-8-16(9-12-19)20(26)25-18-6-3-4-15(14-18)7-10-17-5-1-2-13-24-17/h1-6,8-9,11-14,21H,(H,25,26). The number of rotatable bonds is 4. The van der Waals surface area contributed by atoms with E-state index in [0.29, 0.717) is 16.9 Å². The molecule has 0 fully saturated rings. The average molecular weight is 364 g/mol. The minimum atomic E-state index is -2.90. The Morgan fingerprint density at radius 3 is 2.52 bits per heavy atom. The van der Waals surface area contributed by atoms with E-state index in [4.69, 9.17) is 0 Å². The Hall–Kier alpha value is -3.72. The number of anilines is 1. The zero-order valence-electron chi connectivity index (χ0n) is 14.0. The Kier molecular flexibility index (Phi) is 5.75. The molecule has 2 aromatic carbocycles. The van der Waals surface area contributed by atoms with E-state index in [0.717, 1.165) is 5.56 Å². The molecule has 0 atom stereocenters. The topological polar surface area (TPSA) is 51.2 Å². The highest BCUT2D eigenvalue weighted by molar-refractivity contribution is 6.04. The summed E-state index contributed by atoms with van der Waals surface area (Å²) in [5.41, 5.74) is 2.26. The molecular weight excluding hydrogens is 350 g/mol. The summed E-state index contributed by atoms with van der Waals surface area (Å²) in [6, 6.07) is 18.0. The van der Waals surface area contributed by atoms with Gasteiger partial charge in [0.2, 0.25) is 0 Å². The number of benzene rings is 2. The predicted octanol–water partition coefficient (Wildman–Crippen LogP) is 4.34. The molecule has 4 nitrogen and oxygen atoms in total. The number of hydrogen-bond acceptors (Lipinski definition) is 3. The quantitative estimate of drug-likeness (QED) is 0.701. The van der Waals surface area contributed by atoms with Gasteiger partial charge >= 0.3 is 6.61 Å². The van der Waals surface area contributed by atoms with Gasteiger partial charge in [0.05, 0.1) is 0 Å². The van der Waals surface area contributed by atoms with Crippen LogP contribution in [0.2, 0.25) is 0 Å². The normalized spacial score (nSPS) is 10.0. The van der Waals surface area contributed by atoms with Crippen molar-refractivity contribution >= 4 is 11.6 Å². The van der Waals surface area contributed by atoms with Crippen LogP contribution in [0.5, 0.6) is 5.75 Å². The molecule has 0 aliphatic carbocycles. The van der Waals surface area contributed by atoms with E-state index in [1.54, 1.807) is 30.5 Å². The van der Waals surface area contributed by atoms with Crippen LogP contribution in [0.1, 0.15) is 21.6 Å². The van der Waals surface area contributed by atoms with Gasteiger partial charge in [-0.1, -0.05) is 18.1 Å². The summed E-state index contributed by atoms with van der Waals surface area (Å²) in [5.74, 6) is 5.56. The molecule has 0 bridgehead atoms. The van der Waals surface area contributed by atoms with Crippen molar-refractivity contribution in [3.05, 3.63) is 89.7 Å². The second kappa shape index (κ2) is 8.59. The maximum absolute atomic E-state index is 12.3. The largest absolute Gasteiger partial charge is 0.435 e. The van der Waals surface area contributed by atoms with Gasteiger partial charge in [0.1, 0.15) is 11.4 Å². The Morgan fingerprint density at radius 2 is 1.81 bits per heavy atom. The average Bonchev–Trinajstić information content (AvgIpc) is 2.67. The summed E-state index contributed by atoms with van der Waals surface area (Å²) < 4.78 is 28.6. The first-order chi connectivity index (χ1) is 13.1. The third-order valence-corrected chi connectivity index (χ3v) is 3.46. The zero-order valence-corrected chi connectivity index (χ0v) is 14.0. The van der Waals surface area contributed by atoms with E-state index in [-0.39, 0.29) is 11.7 Å². The van der Waals surface area contributed by atoms with E-state index < -0.39 is 6.61 Å². The second-order valence-electron chi connectivity index (χ2n) is 5.40. The Bertz CT molecular complexity index is 978. The summed E-state index contributed by atoms with van der Waals surface area (Å²) >= 11 is 0. The van der Waals surface area contributed by atoms with Crippen molar-refractivity contribution in [3.63, 3.8) is 0 Å². The zero-order chi connectivity index (χ0) is 19.1. The van der Waals surface area contributed by atoms with Crippen LogP contribution in [-0.2, 0) is 0 Å². The molecule has 1 amide bonds. The Labute approximate surface area is 154 Å². The molecule has 1 N–H and O–H groups in total. The van der Waals surface area contributed by atoms with E-state index in [1.807, 2.05) is 18.2 Å². The van der Waals surface area contributed by atoms with Gasteiger partial charge in [0.15, 0.2) is 0 Å². The first-order valence-electron chi connectivity index (χ1n) is 7.99. The van der Waals surface area contributed by atoms with Crippen LogP contribution in [0, 0.1) is 11.8 Å². The van der Waals surface area contributed by atoms with Crippen LogP contribution in [0.15, 0.2) is 72.9 Å². The van der Waals surface area contributed by atoms with Crippen LogP contribution in [-0.4, -0.2) is 17.5 Å². The van der Waals surface area contributed by atoms with Crippen LogP contribution in [0.4, 0.5) is 14.5 Å². The molecule has 27 heavy (non-hydrogen) atoms. The summed E-state index contributed by atoms with van der Waals surface area (Å²) in [4.78, 5) is 16.4. The highest BCUT2D eigenvalue weighted by Gasteiger charge is 2.08.